The molecule has 1 aromatic carbocycles. The molecular formula is C16H23BN2O2S2. The van der Waals surface area contributed by atoms with E-state index in [1.165, 1.54) is 0 Å². The van der Waals surface area contributed by atoms with Crippen molar-refractivity contribution in [3.63, 3.8) is 0 Å². The van der Waals surface area contributed by atoms with E-state index in [9.17, 15) is 0 Å². The van der Waals surface area contributed by atoms with Crippen LogP contribution in [0.1, 0.15) is 33.3 Å². The van der Waals surface area contributed by atoms with Gasteiger partial charge >= 0.3 is 7.12 Å². The Kier molecular flexibility index (Phi) is 5.46. The zero-order chi connectivity index (χ0) is 17.3. The molecule has 0 aromatic heterocycles. The molecule has 1 aliphatic heterocycles. The first-order valence-electron chi connectivity index (χ1n) is 7.48. The topological polar surface area (TPSA) is 56.5 Å². The lowest BCUT2D eigenvalue weighted by Crippen LogP contribution is -2.41. The van der Waals surface area contributed by atoms with E-state index in [0.717, 1.165) is 16.7 Å². The fourth-order valence-corrected chi connectivity index (χ4v) is 2.56. The Morgan fingerprint density at radius 3 is 2.17 bits per heavy atom. The van der Waals surface area contributed by atoms with Crippen LogP contribution in [0.25, 0.3) is 6.08 Å². The highest BCUT2D eigenvalue weighted by Gasteiger charge is 2.52. The normalized spacial score (nSPS) is 19.7. The fraction of sp³-hybridized carbons (Fsp3) is 0.438. The third-order valence-corrected chi connectivity index (χ3v) is 4.74. The molecule has 0 saturated carbocycles. The van der Waals surface area contributed by atoms with Gasteiger partial charge in [-0.25, -0.2) is 0 Å². The lowest BCUT2D eigenvalue weighted by atomic mass is 9.78. The third-order valence-electron chi connectivity index (χ3n) is 4.27. The minimum Gasteiger partial charge on any atom is -0.400 e. The molecule has 1 aliphatic rings. The van der Waals surface area contributed by atoms with Crippen LogP contribution in [-0.2, 0) is 9.31 Å². The van der Waals surface area contributed by atoms with Gasteiger partial charge in [-0.1, -0.05) is 18.2 Å². The molecule has 2 rings (SSSR count). The summed E-state index contributed by atoms with van der Waals surface area (Å²) in [4.78, 5) is 0. The molecule has 1 heterocycles. The Morgan fingerprint density at radius 2 is 1.74 bits per heavy atom. The average Bonchev–Trinajstić information content (AvgIpc) is 2.66. The van der Waals surface area contributed by atoms with E-state index in [1.54, 1.807) is 0 Å². The van der Waals surface area contributed by atoms with Crippen molar-refractivity contribution in [3.8, 4) is 0 Å². The van der Waals surface area contributed by atoms with Crippen LogP contribution in [0.4, 0.5) is 5.69 Å². The second kappa shape index (κ2) is 6.85. The minimum absolute atomic E-state index is 0.251. The van der Waals surface area contributed by atoms with Crippen LogP contribution >= 0.6 is 24.8 Å². The number of nitrogens with one attached hydrogen (secondary N) is 1. The first-order chi connectivity index (χ1) is 10.6. The molecule has 0 unspecified atom stereocenters. The van der Waals surface area contributed by atoms with Crippen LogP contribution in [0.15, 0.2) is 29.7 Å². The molecule has 1 aromatic rings. The molecule has 1 saturated heterocycles. The van der Waals surface area contributed by atoms with Gasteiger partial charge in [0.15, 0.2) is 5.11 Å². The summed E-state index contributed by atoms with van der Waals surface area (Å²) >= 11 is 9.25. The molecule has 3 N–H and O–H groups in total. The van der Waals surface area contributed by atoms with E-state index < -0.39 is 0 Å². The minimum atomic E-state index is -0.382. The number of thiol groups is 1. The second-order valence-electron chi connectivity index (χ2n) is 6.58. The predicted octanol–water partition coefficient (Wildman–Crippen LogP) is 3.29. The Balaban J connectivity index is 2.18. The average molecular weight is 350 g/mol. The van der Waals surface area contributed by atoms with Gasteiger partial charge in [-0.15, -0.1) is 0 Å². The molecule has 1 fully saturated rings. The number of anilines is 1. The lowest BCUT2D eigenvalue weighted by Gasteiger charge is -2.32. The first-order valence-corrected chi connectivity index (χ1v) is 8.52. The van der Waals surface area contributed by atoms with E-state index >= 15 is 0 Å². The Hall–Kier alpha value is -1.02. The quantitative estimate of drug-likeness (QED) is 0.442. The summed E-state index contributed by atoms with van der Waals surface area (Å²) in [5.74, 6) is 0.559. The van der Waals surface area contributed by atoms with Gasteiger partial charge in [0.05, 0.1) is 11.2 Å². The zero-order valence-electron chi connectivity index (χ0n) is 13.9. The van der Waals surface area contributed by atoms with Crippen molar-refractivity contribution in [2.45, 2.75) is 38.9 Å². The molecule has 0 aliphatic carbocycles. The lowest BCUT2D eigenvalue weighted by molar-refractivity contribution is 0.00578. The summed E-state index contributed by atoms with van der Waals surface area (Å²) in [7, 11) is -0.382. The molecule has 0 bridgehead atoms. The van der Waals surface area contributed by atoms with E-state index in [-0.39, 0.29) is 23.4 Å². The molecule has 23 heavy (non-hydrogen) atoms. The molecule has 0 radical (unpaired) electrons. The Morgan fingerprint density at radius 1 is 1.22 bits per heavy atom. The summed E-state index contributed by atoms with van der Waals surface area (Å²) in [6, 6.07) is 7.81. The smallest absolute Gasteiger partial charge is 0.400 e. The number of thiocarbonyl (C=S) groups is 1. The largest absolute Gasteiger partial charge is 0.491 e. The van der Waals surface area contributed by atoms with Crippen molar-refractivity contribution in [1.82, 2.24) is 0 Å². The van der Waals surface area contributed by atoms with Gasteiger partial charge in [-0.3, -0.25) is 0 Å². The standard InChI is InChI=1S/C16H23BN2O2S2/c1-15(2)16(3,4)21-17(20-15)12(10-22)9-11-5-7-13(8-6-11)19-14(18)23/h5-9,22H,10H2,1-4H3,(H3,18,19,23). The number of hydrogen-bond donors (Lipinski definition) is 3. The highest BCUT2D eigenvalue weighted by Crippen LogP contribution is 2.39. The number of benzene rings is 1. The summed E-state index contributed by atoms with van der Waals surface area (Å²) in [5, 5.41) is 3.15. The molecule has 4 nitrogen and oxygen atoms in total. The first kappa shape index (κ1) is 18.3. The van der Waals surface area contributed by atoms with Gasteiger partial charge in [0.2, 0.25) is 0 Å². The van der Waals surface area contributed by atoms with Gasteiger partial charge in [0, 0.05) is 11.4 Å². The summed E-state index contributed by atoms with van der Waals surface area (Å²) in [6.07, 6.45) is 2.04. The van der Waals surface area contributed by atoms with E-state index in [0.29, 0.717) is 5.75 Å². The summed E-state index contributed by atoms with van der Waals surface area (Å²) < 4.78 is 12.2. The molecule has 0 atom stereocenters. The van der Waals surface area contributed by atoms with E-state index in [2.05, 4.69) is 17.9 Å². The van der Waals surface area contributed by atoms with Crippen molar-refractivity contribution in [2.24, 2.45) is 5.73 Å². The van der Waals surface area contributed by atoms with Crippen LogP contribution in [0.5, 0.6) is 0 Å². The maximum atomic E-state index is 6.08. The third kappa shape index (κ3) is 4.29. The maximum absolute atomic E-state index is 6.08. The van der Waals surface area contributed by atoms with Crippen molar-refractivity contribution < 1.29 is 9.31 Å². The summed E-state index contributed by atoms with van der Waals surface area (Å²) in [6.45, 7) is 8.16. The summed E-state index contributed by atoms with van der Waals surface area (Å²) in [5.41, 5.74) is 7.64. The van der Waals surface area contributed by atoms with Gasteiger partial charge in [-0.05, 0) is 63.1 Å². The Bertz CT molecular complexity index is 599. The fourth-order valence-electron chi connectivity index (χ4n) is 2.20. The van der Waals surface area contributed by atoms with Crippen molar-refractivity contribution in [1.29, 1.82) is 0 Å². The van der Waals surface area contributed by atoms with E-state index in [1.807, 2.05) is 58.0 Å². The molecule has 7 heteroatoms. The van der Waals surface area contributed by atoms with Gasteiger partial charge < -0.3 is 20.4 Å². The monoisotopic (exact) mass is 350 g/mol. The highest BCUT2D eigenvalue weighted by atomic mass is 32.1. The van der Waals surface area contributed by atoms with Gasteiger partial charge in [-0.2, -0.15) is 12.6 Å². The zero-order valence-corrected chi connectivity index (χ0v) is 15.6. The predicted molar refractivity (Wildman–Crippen MR) is 105 cm³/mol. The van der Waals surface area contributed by atoms with Gasteiger partial charge in [0.25, 0.3) is 0 Å². The van der Waals surface area contributed by atoms with Crippen LogP contribution in [0.3, 0.4) is 0 Å². The van der Waals surface area contributed by atoms with Crippen molar-refractivity contribution in [3.05, 3.63) is 35.3 Å². The van der Waals surface area contributed by atoms with Crippen molar-refractivity contribution in [2.75, 3.05) is 11.1 Å². The van der Waals surface area contributed by atoms with Crippen molar-refractivity contribution >= 4 is 48.8 Å². The molecular weight excluding hydrogens is 327 g/mol. The van der Waals surface area contributed by atoms with Gasteiger partial charge in [0.1, 0.15) is 0 Å². The Labute approximate surface area is 149 Å². The maximum Gasteiger partial charge on any atom is 0.491 e. The van der Waals surface area contributed by atoms with E-state index in [4.69, 9.17) is 27.3 Å². The van der Waals surface area contributed by atoms with Crippen LogP contribution in [0.2, 0.25) is 0 Å². The van der Waals surface area contributed by atoms with Crippen LogP contribution in [-0.4, -0.2) is 29.2 Å². The number of nitrogens with two attached hydrogens (primary N) is 1. The number of hydrogen-bond acceptors (Lipinski definition) is 4. The molecule has 0 spiro atoms. The second-order valence-corrected chi connectivity index (χ2v) is 7.33. The van der Waals surface area contributed by atoms with Crippen LogP contribution < -0.4 is 11.1 Å². The number of rotatable bonds is 4. The molecule has 0 amide bonds. The molecule has 124 valence electrons. The highest BCUT2D eigenvalue weighted by molar-refractivity contribution is 7.80. The van der Waals surface area contributed by atoms with Crippen LogP contribution in [0, 0.1) is 0 Å². The SMILES string of the molecule is CC1(C)OB(C(=Cc2ccc(NC(N)=S)cc2)CS)OC1(C)C.